The summed E-state index contributed by atoms with van der Waals surface area (Å²) >= 11 is 0. The summed E-state index contributed by atoms with van der Waals surface area (Å²) in [4.78, 5) is 29.3. The third kappa shape index (κ3) is 6.34. The van der Waals surface area contributed by atoms with E-state index in [1.807, 2.05) is 45.9 Å². The predicted octanol–water partition coefficient (Wildman–Crippen LogP) is 4.70. The van der Waals surface area contributed by atoms with Gasteiger partial charge in [0, 0.05) is 22.8 Å². The minimum atomic E-state index is -0.822. The number of nitrogens with zero attached hydrogens (tertiary/aromatic N) is 3. The number of hydrogen-bond acceptors (Lipinski definition) is 6. The number of aryl methyl sites for hydroxylation is 1. The first-order chi connectivity index (χ1) is 17.1. The Balaban J connectivity index is 1.37. The quantitative estimate of drug-likeness (QED) is 0.367. The lowest BCUT2D eigenvalue weighted by Crippen LogP contribution is -2.40. The highest BCUT2D eigenvalue weighted by molar-refractivity contribution is 6.00. The maximum absolute atomic E-state index is 13.0. The number of Topliss-reactive ketones (excluding diaryl/α,β-unsaturated/α-hetero) is 1. The van der Waals surface area contributed by atoms with Crippen LogP contribution in [0.4, 0.5) is 4.79 Å². The molecule has 0 saturated carbocycles. The fourth-order valence-electron chi connectivity index (χ4n) is 3.78. The highest BCUT2D eigenvalue weighted by atomic mass is 16.5. The van der Waals surface area contributed by atoms with E-state index >= 15 is 0 Å². The molecule has 2 aromatic heterocycles. The van der Waals surface area contributed by atoms with Gasteiger partial charge in [-0.1, -0.05) is 36.4 Å². The van der Waals surface area contributed by atoms with Gasteiger partial charge < -0.3 is 15.8 Å². The van der Waals surface area contributed by atoms with Gasteiger partial charge in [-0.25, -0.2) is 4.79 Å². The van der Waals surface area contributed by atoms with E-state index in [9.17, 15) is 9.59 Å². The molecule has 0 aliphatic carbocycles. The van der Waals surface area contributed by atoms with Crippen LogP contribution in [0, 0.1) is 6.92 Å². The highest BCUT2D eigenvalue weighted by Gasteiger charge is 2.20. The van der Waals surface area contributed by atoms with E-state index in [4.69, 9.17) is 10.5 Å². The lowest BCUT2D eigenvalue weighted by molar-refractivity contribution is 0.0961. The van der Waals surface area contributed by atoms with Crippen LogP contribution in [0.3, 0.4) is 0 Å². The number of hydrogen-bond donors (Lipinski definition) is 2. The number of rotatable bonds is 7. The number of pyridine rings is 1. The zero-order chi connectivity index (χ0) is 25.9. The van der Waals surface area contributed by atoms with Crippen molar-refractivity contribution in [1.29, 1.82) is 0 Å². The number of ether oxygens (including phenoxy) is 1. The number of alkyl carbamates (subject to hydrolysis) is 1. The number of carbonyl (C=O) groups is 2. The molecule has 1 amide bonds. The maximum atomic E-state index is 13.0. The molecule has 0 saturated heterocycles. The first kappa shape index (κ1) is 25.1. The second-order valence-corrected chi connectivity index (χ2v) is 9.94. The molecule has 8 nitrogen and oxygen atoms in total. The number of fused-ring (bicyclic) bond motifs is 1. The Bertz CT molecular complexity index is 1390. The Labute approximate surface area is 210 Å². The number of aromatic nitrogens is 3. The van der Waals surface area contributed by atoms with Crippen LogP contribution in [0.1, 0.15) is 59.6 Å². The molecule has 2 aromatic carbocycles. The maximum Gasteiger partial charge on any atom is 0.407 e. The zero-order valence-corrected chi connectivity index (χ0v) is 21.0. The number of nitrogens with one attached hydrogen (secondary N) is 1. The minimum Gasteiger partial charge on any atom is -0.445 e. The van der Waals surface area contributed by atoms with E-state index in [0.717, 1.165) is 27.7 Å². The predicted molar refractivity (Wildman–Crippen MR) is 139 cm³/mol. The van der Waals surface area contributed by atoms with E-state index < -0.39 is 12.1 Å². The van der Waals surface area contributed by atoms with Crippen molar-refractivity contribution in [3.8, 4) is 0 Å². The normalized spacial score (nSPS) is 12.4. The fourth-order valence-corrected chi connectivity index (χ4v) is 3.78. The van der Waals surface area contributed by atoms with Gasteiger partial charge in [0.05, 0.1) is 29.9 Å². The molecule has 4 aromatic rings. The van der Waals surface area contributed by atoms with Crippen molar-refractivity contribution >= 4 is 22.8 Å². The lowest BCUT2D eigenvalue weighted by atomic mass is 9.99. The van der Waals surface area contributed by atoms with Crippen LogP contribution in [0.2, 0.25) is 0 Å². The molecule has 1 atom stereocenters. The summed E-state index contributed by atoms with van der Waals surface area (Å²) in [5.41, 5.74) is 10.8. The number of amides is 1. The van der Waals surface area contributed by atoms with Crippen LogP contribution >= 0.6 is 0 Å². The van der Waals surface area contributed by atoms with Crippen molar-refractivity contribution in [2.24, 2.45) is 5.73 Å². The lowest BCUT2D eigenvalue weighted by Gasteiger charge is -2.20. The minimum absolute atomic E-state index is 0.128. The van der Waals surface area contributed by atoms with Gasteiger partial charge in [0.2, 0.25) is 0 Å². The standard InChI is InChI=1S/C28H31N5O3/c1-18-5-9-22-13-20(8-12-24(22)31-18)15-33-16-23(14-30-33)26(34)25(29)21-10-6-19(7-11-21)17-36-27(35)32-28(2,3)4/h5-14,16,25H,15,17,29H2,1-4H3,(H,32,35). The Hall–Kier alpha value is -4.04. The highest BCUT2D eigenvalue weighted by Crippen LogP contribution is 2.19. The van der Waals surface area contributed by atoms with E-state index in [1.54, 1.807) is 41.3 Å². The van der Waals surface area contributed by atoms with Crippen LogP contribution < -0.4 is 11.1 Å². The van der Waals surface area contributed by atoms with Crippen LogP contribution in [0.15, 0.2) is 67.0 Å². The Morgan fingerprint density at radius 2 is 1.78 bits per heavy atom. The second-order valence-electron chi connectivity index (χ2n) is 9.94. The molecule has 4 rings (SSSR count). The second kappa shape index (κ2) is 10.3. The summed E-state index contributed by atoms with van der Waals surface area (Å²) in [6, 6.07) is 16.5. The van der Waals surface area contributed by atoms with Gasteiger partial charge in [-0.3, -0.25) is 14.5 Å². The number of ketones is 1. The Morgan fingerprint density at radius 1 is 1.06 bits per heavy atom. The van der Waals surface area contributed by atoms with Gasteiger partial charge in [0.1, 0.15) is 6.61 Å². The molecule has 0 bridgehead atoms. The van der Waals surface area contributed by atoms with Crippen molar-refractivity contribution < 1.29 is 14.3 Å². The zero-order valence-electron chi connectivity index (χ0n) is 21.0. The fraction of sp³-hybridized carbons (Fsp3) is 0.286. The summed E-state index contributed by atoms with van der Waals surface area (Å²) in [6.07, 6.45) is 2.78. The molecule has 0 aliphatic heterocycles. The van der Waals surface area contributed by atoms with Crippen molar-refractivity contribution in [3.63, 3.8) is 0 Å². The summed E-state index contributed by atoms with van der Waals surface area (Å²) in [7, 11) is 0. The summed E-state index contributed by atoms with van der Waals surface area (Å²) < 4.78 is 6.97. The molecule has 186 valence electrons. The van der Waals surface area contributed by atoms with E-state index in [2.05, 4.69) is 27.5 Å². The molecule has 8 heteroatoms. The van der Waals surface area contributed by atoms with Gasteiger partial charge >= 0.3 is 6.09 Å². The third-order valence-electron chi connectivity index (χ3n) is 5.62. The van der Waals surface area contributed by atoms with Gasteiger partial charge in [-0.05, 0) is 62.6 Å². The molecule has 3 N–H and O–H groups in total. The molecule has 0 radical (unpaired) electrons. The van der Waals surface area contributed by atoms with Crippen molar-refractivity contribution in [2.45, 2.75) is 52.4 Å². The molecule has 36 heavy (non-hydrogen) atoms. The summed E-state index contributed by atoms with van der Waals surface area (Å²) in [5, 5.41) is 8.16. The van der Waals surface area contributed by atoms with Crippen molar-refractivity contribution in [1.82, 2.24) is 20.1 Å². The monoisotopic (exact) mass is 485 g/mol. The van der Waals surface area contributed by atoms with Crippen LogP contribution in [0.25, 0.3) is 10.9 Å². The Morgan fingerprint density at radius 3 is 2.50 bits per heavy atom. The van der Waals surface area contributed by atoms with Gasteiger partial charge in [-0.2, -0.15) is 5.10 Å². The largest absolute Gasteiger partial charge is 0.445 e. The van der Waals surface area contributed by atoms with E-state index in [-0.39, 0.29) is 17.9 Å². The van der Waals surface area contributed by atoms with Crippen LogP contribution in [-0.2, 0) is 17.9 Å². The Kier molecular flexibility index (Phi) is 7.17. The van der Waals surface area contributed by atoms with E-state index in [1.165, 1.54) is 0 Å². The van der Waals surface area contributed by atoms with Gasteiger partial charge in [0.15, 0.2) is 5.78 Å². The van der Waals surface area contributed by atoms with Gasteiger partial charge in [-0.15, -0.1) is 0 Å². The average molecular weight is 486 g/mol. The molecule has 0 aliphatic rings. The molecule has 2 heterocycles. The molecule has 0 spiro atoms. The van der Waals surface area contributed by atoms with Crippen LogP contribution in [0.5, 0.6) is 0 Å². The first-order valence-electron chi connectivity index (χ1n) is 11.8. The molecule has 0 fully saturated rings. The molecular formula is C28H31N5O3. The summed E-state index contributed by atoms with van der Waals surface area (Å²) in [6.45, 7) is 8.28. The van der Waals surface area contributed by atoms with Crippen molar-refractivity contribution in [3.05, 3.63) is 94.9 Å². The van der Waals surface area contributed by atoms with Crippen molar-refractivity contribution in [2.75, 3.05) is 0 Å². The first-order valence-corrected chi connectivity index (χ1v) is 11.8. The van der Waals surface area contributed by atoms with Crippen LogP contribution in [-0.4, -0.2) is 32.2 Å². The smallest absolute Gasteiger partial charge is 0.407 e. The molecular weight excluding hydrogens is 454 g/mol. The third-order valence-corrected chi connectivity index (χ3v) is 5.62. The topological polar surface area (TPSA) is 112 Å². The number of carbonyl (C=O) groups excluding carboxylic acids is 2. The number of benzene rings is 2. The molecule has 1 unspecified atom stereocenters. The summed E-state index contributed by atoms with van der Waals surface area (Å²) in [5.74, 6) is -0.215. The van der Waals surface area contributed by atoms with E-state index in [0.29, 0.717) is 17.7 Å². The SMILES string of the molecule is Cc1ccc2cc(Cn3cc(C(=O)C(N)c4ccc(COC(=O)NC(C)(C)C)cc4)cn3)ccc2n1. The number of nitrogens with two attached hydrogens (primary N) is 1. The average Bonchev–Trinajstić information content (AvgIpc) is 3.29. The van der Waals surface area contributed by atoms with Gasteiger partial charge in [0.25, 0.3) is 0 Å².